The van der Waals surface area contributed by atoms with Crippen LogP contribution in [0.4, 0.5) is 5.69 Å². The summed E-state index contributed by atoms with van der Waals surface area (Å²) >= 11 is 6.16. The normalized spacial score (nSPS) is 15.9. The molecule has 1 aromatic rings. The maximum atomic E-state index is 9.14. The van der Waals surface area contributed by atoms with Crippen molar-refractivity contribution in [1.82, 2.24) is 0 Å². The Labute approximate surface area is 113 Å². The third kappa shape index (κ3) is 2.39. The lowest BCUT2D eigenvalue weighted by atomic mass is 10.1. The second kappa shape index (κ2) is 4.70. The van der Waals surface area contributed by atoms with Crippen molar-refractivity contribution in [3.63, 3.8) is 0 Å². The lowest BCUT2D eigenvalue weighted by Crippen LogP contribution is -2.26. The van der Waals surface area contributed by atoms with E-state index in [2.05, 4.69) is 11.0 Å². The summed E-state index contributed by atoms with van der Waals surface area (Å²) in [5, 5.41) is 9.87. The molecule has 0 spiro atoms. The number of halogens is 1. The molecule has 0 saturated heterocycles. The van der Waals surface area contributed by atoms with Crippen molar-refractivity contribution >= 4 is 17.3 Å². The van der Waals surface area contributed by atoms with Crippen LogP contribution in [0.3, 0.4) is 0 Å². The van der Waals surface area contributed by atoms with E-state index in [0.29, 0.717) is 0 Å². The van der Waals surface area contributed by atoms with E-state index in [1.807, 2.05) is 26.1 Å². The highest BCUT2D eigenvalue weighted by Gasteiger charge is 2.44. The second-order valence-corrected chi connectivity index (χ2v) is 5.43. The number of hydrogen-bond acceptors (Lipinski definition) is 3. The summed E-state index contributed by atoms with van der Waals surface area (Å²) in [6.07, 6.45) is 1.96. The Hall–Kier alpha value is -1.40. The molecule has 1 saturated carbocycles. The van der Waals surface area contributed by atoms with Crippen molar-refractivity contribution in [3.8, 4) is 11.8 Å². The number of anilines is 1. The van der Waals surface area contributed by atoms with Gasteiger partial charge in [0, 0.05) is 18.6 Å². The number of hydrogen-bond donors (Lipinski definition) is 0. The molecule has 1 fully saturated rings. The van der Waals surface area contributed by atoms with Crippen LogP contribution in [0.5, 0.6) is 5.75 Å². The quantitative estimate of drug-likeness (QED) is 0.836. The number of ether oxygens (including phenoxy) is 1. The Balaban J connectivity index is 2.27. The summed E-state index contributed by atoms with van der Waals surface area (Å²) in [7, 11) is 3.62. The maximum Gasteiger partial charge on any atom is 0.142 e. The molecule has 1 aliphatic rings. The average Bonchev–Trinajstić information content (AvgIpc) is 3.12. The van der Waals surface area contributed by atoms with Crippen molar-refractivity contribution in [2.24, 2.45) is 5.41 Å². The van der Waals surface area contributed by atoms with Crippen LogP contribution in [0.1, 0.15) is 18.4 Å². The van der Waals surface area contributed by atoms with Crippen LogP contribution in [0.15, 0.2) is 12.1 Å². The average molecular weight is 265 g/mol. The highest BCUT2D eigenvalue weighted by Crippen LogP contribution is 2.46. The van der Waals surface area contributed by atoms with E-state index >= 15 is 0 Å². The Bertz CT molecular complexity index is 503. The van der Waals surface area contributed by atoms with Crippen LogP contribution in [-0.4, -0.2) is 20.7 Å². The van der Waals surface area contributed by atoms with Gasteiger partial charge in [-0.05, 0) is 37.5 Å². The molecule has 0 unspecified atom stereocenters. The number of methoxy groups -OCH3 is 1. The zero-order chi connectivity index (χ0) is 13.3. The first kappa shape index (κ1) is 13.0. The maximum absolute atomic E-state index is 9.14. The molecule has 0 aliphatic heterocycles. The van der Waals surface area contributed by atoms with Gasteiger partial charge in [0.1, 0.15) is 5.75 Å². The Morgan fingerprint density at radius 2 is 2.17 bits per heavy atom. The van der Waals surface area contributed by atoms with Gasteiger partial charge < -0.3 is 9.64 Å². The minimum absolute atomic E-state index is 0.170. The Morgan fingerprint density at radius 3 is 2.67 bits per heavy atom. The highest BCUT2D eigenvalue weighted by atomic mass is 35.5. The smallest absolute Gasteiger partial charge is 0.142 e. The molecule has 18 heavy (non-hydrogen) atoms. The fraction of sp³-hybridized carbons (Fsp3) is 0.500. The number of aryl methyl sites for hydroxylation is 1. The first-order valence-electron chi connectivity index (χ1n) is 5.98. The van der Waals surface area contributed by atoms with Gasteiger partial charge in [-0.2, -0.15) is 5.26 Å². The standard InChI is InChI=1S/C14H17ClN2O/c1-10-6-13(18-3)12(7-11(10)15)17(2)9-14(8-16)4-5-14/h6-7H,4-5,9H2,1-3H3. The van der Waals surface area contributed by atoms with E-state index in [1.54, 1.807) is 7.11 Å². The van der Waals surface area contributed by atoms with Gasteiger partial charge in [-0.25, -0.2) is 0 Å². The Morgan fingerprint density at radius 1 is 1.50 bits per heavy atom. The van der Waals surface area contributed by atoms with Crippen LogP contribution in [0, 0.1) is 23.7 Å². The van der Waals surface area contributed by atoms with Gasteiger partial charge in [0.15, 0.2) is 0 Å². The zero-order valence-corrected chi connectivity index (χ0v) is 11.7. The van der Waals surface area contributed by atoms with Gasteiger partial charge in [-0.3, -0.25) is 0 Å². The fourth-order valence-corrected chi connectivity index (χ4v) is 2.26. The van der Waals surface area contributed by atoms with Crippen molar-refractivity contribution in [1.29, 1.82) is 5.26 Å². The summed E-state index contributed by atoms with van der Waals surface area (Å²) in [6, 6.07) is 6.24. The van der Waals surface area contributed by atoms with Gasteiger partial charge in [0.2, 0.25) is 0 Å². The zero-order valence-electron chi connectivity index (χ0n) is 11.0. The summed E-state index contributed by atoms with van der Waals surface area (Å²) in [6.45, 7) is 2.67. The molecule has 0 radical (unpaired) electrons. The molecule has 0 amide bonds. The molecule has 1 aromatic carbocycles. The van der Waals surface area contributed by atoms with Gasteiger partial charge in [0.25, 0.3) is 0 Å². The van der Waals surface area contributed by atoms with E-state index in [9.17, 15) is 0 Å². The number of nitrogens with zero attached hydrogens (tertiary/aromatic N) is 2. The van der Waals surface area contributed by atoms with Gasteiger partial charge >= 0.3 is 0 Å². The van der Waals surface area contributed by atoms with Crippen LogP contribution >= 0.6 is 11.6 Å². The van der Waals surface area contributed by atoms with E-state index in [-0.39, 0.29) is 5.41 Å². The third-order valence-corrected chi connectivity index (χ3v) is 3.91. The number of benzene rings is 1. The molecule has 0 heterocycles. The minimum Gasteiger partial charge on any atom is -0.495 e. The van der Waals surface area contributed by atoms with Crippen molar-refractivity contribution in [3.05, 3.63) is 22.7 Å². The van der Waals surface area contributed by atoms with Gasteiger partial charge in [-0.15, -0.1) is 0 Å². The lowest BCUT2D eigenvalue weighted by molar-refractivity contribution is 0.414. The van der Waals surface area contributed by atoms with Crippen LogP contribution in [0.25, 0.3) is 0 Å². The summed E-state index contributed by atoms with van der Waals surface area (Å²) in [5.74, 6) is 0.799. The third-order valence-electron chi connectivity index (χ3n) is 3.50. The lowest BCUT2D eigenvalue weighted by Gasteiger charge is -2.24. The molecule has 0 aromatic heterocycles. The van der Waals surface area contributed by atoms with E-state index in [1.165, 1.54) is 0 Å². The molecule has 0 bridgehead atoms. The predicted molar refractivity (Wildman–Crippen MR) is 73.3 cm³/mol. The summed E-state index contributed by atoms with van der Waals surface area (Å²) in [4.78, 5) is 2.06. The molecule has 3 nitrogen and oxygen atoms in total. The van der Waals surface area contributed by atoms with Gasteiger partial charge in [0.05, 0.1) is 24.3 Å². The van der Waals surface area contributed by atoms with Crippen LogP contribution in [0.2, 0.25) is 5.02 Å². The first-order valence-corrected chi connectivity index (χ1v) is 6.36. The molecule has 96 valence electrons. The second-order valence-electron chi connectivity index (χ2n) is 5.02. The van der Waals surface area contributed by atoms with Crippen molar-refractivity contribution in [2.75, 3.05) is 25.6 Å². The minimum atomic E-state index is -0.170. The molecular formula is C14H17ClN2O. The summed E-state index contributed by atoms with van der Waals surface area (Å²) < 4.78 is 5.39. The molecular weight excluding hydrogens is 248 g/mol. The molecule has 2 rings (SSSR count). The molecule has 0 N–H and O–H groups in total. The van der Waals surface area contributed by atoms with Gasteiger partial charge in [-0.1, -0.05) is 11.6 Å². The Kier molecular flexibility index (Phi) is 3.41. The molecule has 0 atom stereocenters. The SMILES string of the molecule is COc1cc(C)c(Cl)cc1N(C)CC1(C#N)CC1. The number of rotatable bonds is 4. The highest BCUT2D eigenvalue weighted by molar-refractivity contribution is 6.31. The first-order chi connectivity index (χ1) is 8.51. The molecule has 4 heteroatoms. The summed E-state index contributed by atoms with van der Waals surface area (Å²) in [5.41, 5.74) is 1.76. The number of nitriles is 1. The van der Waals surface area contributed by atoms with Crippen LogP contribution in [-0.2, 0) is 0 Å². The van der Waals surface area contributed by atoms with E-state index in [4.69, 9.17) is 21.6 Å². The van der Waals surface area contributed by atoms with E-state index in [0.717, 1.165) is 41.4 Å². The predicted octanol–water partition coefficient (Wildman–Crippen LogP) is 3.40. The largest absolute Gasteiger partial charge is 0.495 e. The van der Waals surface area contributed by atoms with Crippen molar-refractivity contribution in [2.45, 2.75) is 19.8 Å². The molecule has 1 aliphatic carbocycles. The fourth-order valence-electron chi connectivity index (χ4n) is 2.10. The topological polar surface area (TPSA) is 36.3 Å². The van der Waals surface area contributed by atoms with Crippen molar-refractivity contribution < 1.29 is 4.74 Å². The van der Waals surface area contributed by atoms with E-state index < -0.39 is 0 Å². The monoisotopic (exact) mass is 264 g/mol. The van der Waals surface area contributed by atoms with Crippen LogP contribution < -0.4 is 9.64 Å².